The summed E-state index contributed by atoms with van der Waals surface area (Å²) in [6, 6.07) is 6.11. The second kappa shape index (κ2) is 4.88. The van der Waals surface area contributed by atoms with Gasteiger partial charge in [-0.05, 0) is 44.4 Å². The smallest absolute Gasteiger partial charge is 0.196 e. The molecule has 108 valence electrons. The monoisotopic (exact) mass is 301 g/mol. The summed E-state index contributed by atoms with van der Waals surface area (Å²) in [5.41, 5.74) is 2.42. The number of furan rings is 1. The second-order valence-corrected chi connectivity index (χ2v) is 6.09. The first-order valence-corrected chi connectivity index (χ1v) is 7.71. The Morgan fingerprint density at radius 2 is 2.19 bits per heavy atom. The fourth-order valence-corrected chi connectivity index (χ4v) is 3.33. The van der Waals surface area contributed by atoms with Gasteiger partial charge in [0.1, 0.15) is 17.4 Å². The standard InChI is InChI=1S/C16H16ClN3O/c1-10-4-2-3-7-20(10)16-15-14(18-9-19-16)12-8-11(17)5-6-13(12)21-15/h5-6,8-10H,2-4,7H2,1H3/t10-/m1/s1. The molecule has 4 nitrogen and oxygen atoms in total. The maximum absolute atomic E-state index is 6.09. The number of piperidine rings is 1. The average molecular weight is 302 g/mol. The van der Waals surface area contributed by atoms with Crippen LogP contribution in [0.2, 0.25) is 5.02 Å². The average Bonchev–Trinajstić information content (AvgIpc) is 2.86. The highest BCUT2D eigenvalue weighted by Crippen LogP contribution is 2.35. The van der Waals surface area contributed by atoms with Gasteiger partial charge < -0.3 is 9.32 Å². The molecule has 0 N–H and O–H groups in total. The minimum atomic E-state index is 0.480. The topological polar surface area (TPSA) is 42.2 Å². The van der Waals surface area contributed by atoms with E-state index >= 15 is 0 Å². The van der Waals surface area contributed by atoms with E-state index in [9.17, 15) is 0 Å². The third kappa shape index (κ3) is 2.05. The van der Waals surface area contributed by atoms with E-state index in [1.165, 1.54) is 19.3 Å². The quantitative estimate of drug-likeness (QED) is 0.668. The molecule has 0 spiro atoms. The third-order valence-electron chi connectivity index (χ3n) is 4.27. The molecule has 0 bridgehead atoms. The number of benzene rings is 1. The molecule has 5 heteroatoms. The highest BCUT2D eigenvalue weighted by molar-refractivity contribution is 6.31. The van der Waals surface area contributed by atoms with E-state index in [2.05, 4.69) is 21.8 Å². The fourth-order valence-electron chi connectivity index (χ4n) is 3.15. The molecule has 4 rings (SSSR count). The van der Waals surface area contributed by atoms with Gasteiger partial charge in [0, 0.05) is 23.0 Å². The molecule has 1 aromatic carbocycles. The molecule has 1 atom stereocenters. The van der Waals surface area contributed by atoms with Gasteiger partial charge >= 0.3 is 0 Å². The molecule has 21 heavy (non-hydrogen) atoms. The largest absolute Gasteiger partial charge is 0.450 e. The highest BCUT2D eigenvalue weighted by atomic mass is 35.5. The summed E-state index contributed by atoms with van der Waals surface area (Å²) < 4.78 is 6.01. The Labute approximate surface area is 127 Å². The van der Waals surface area contributed by atoms with E-state index in [-0.39, 0.29) is 0 Å². The van der Waals surface area contributed by atoms with Gasteiger partial charge in [0.15, 0.2) is 11.4 Å². The summed E-state index contributed by atoms with van der Waals surface area (Å²) in [5, 5.41) is 1.64. The van der Waals surface area contributed by atoms with Gasteiger partial charge in [0.25, 0.3) is 0 Å². The first-order valence-electron chi connectivity index (χ1n) is 7.33. The van der Waals surface area contributed by atoms with Crippen molar-refractivity contribution in [3.8, 4) is 0 Å². The van der Waals surface area contributed by atoms with Crippen molar-refractivity contribution < 1.29 is 4.42 Å². The molecule has 1 saturated heterocycles. The van der Waals surface area contributed by atoms with E-state index in [1.807, 2.05) is 18.2 Å². The summed E-state index contributed by atoms with van der Waals surface area (Å²) in [4.78, 5) is 11.2. The van der Waals surface area contributed by atoms with Crippen molar-refractivity contribution in [2.24, 2.45) is 0 Å². The predicted molar refractivity (Wildman–Crippen MR) is 85.0 cm³/mol. The molecule has 1 fully saturated rings. The molecule has 2 aromatic heterocycles. The van der Waals surface area contributed by atoms with Crippen molar-refractivity contribution >= 4 is 39.5 Å². The molecule has 0 radical (unpaired) electrons. The van der Waals surface area contributed by atoms with Gasteiger partial charge in [-0.2, -0.15) is 0 Å². The van der Waals surface area contributed by atoms with Crippen LogP contribution in [0.25, 0.3) is 22.1 Å². The Morgan fingerprint density at radius 1 is 1.29 bits per heavy atom. The first-order chi connectivity index (χ1) is 10.2. The molecule has 0 unspecified atom stereocenters. The van der Waals surface area contributed by atoms with Crippen molar-refractivity contribution in [3.05, 3.63) is 29.5 Å². The summed E-state index contributed by atoms with van der Waals surface area (Å²) in [5.74, 6) is 0.902. The third-order valence-corrected chi connectivity index (χ3v) is 4.50. The molecule has 1 aliphatic rings. The maximum Gasteiger partial charge on any atom is 0.196 e. The van der Waals surface area contributed by atoms with Gasteiger partial charge in [-0.15, -0.1) is 0 Å². The zero-order valence-corrected chi connectivity index (χ0v) is 12.6. The van der Waals surface area contributed by atoms with Crippen LogP contribution in [0.1, 0.15) is 26.2 Å². The number of fused-ring (bicyclic) bond motifs is 3. The van der Waals surface area contributed by atoms with Gasteiger partial charge in [-0.1, -0.05) is 11.6 Å². The fraction of sp³-hybridized carbons (Fsp3) is 0.375. The minimum Gasteiger partial charge on any atom is -0.450 e. The predicted octanol–water partition coefficient (Wildman–Crippen LogP) is 4.41. The van der Waals surface area contributed by atoms with E-state index < -0.39 is 0 Å². The number of rotatable bonds is 1. The van der Waals surface area contributed by atoms with E-state index in [4.69, 9.17) is 16.0 Å². The molecule has 0 saturated carbocycles. The van der Waals surface area contributed by atoms with Crippen LogP contribution in [-0.4, -0.2) is 22.6 Å². The van der Waals surface area contributed by atoms with Crippen LogP contribution in [0.3, 0.4) is 0 Å². The summed E-state index contributed by atoms with van der Waals surface area (Å²) in [6.07, 6.45) is 5.29. The number of nitrogens with zero attached hydrogens (tertiary/aromatic N) is 3. The zero-order valence-electron chi connectivity index (χ0n) is 11.8. The van der Waals surface area contributed by atoms with Gasteiger partial charge in [-0.3, -0.25) is 0 Å². The van der Waals surface area contributed by atoms with Crippen molar-refractivity contribution in [1.82, 2.24) is 9.97 Å². The molecule has 3 heterocycles. The molecule has 0 amide bonds. The Hall–Kier alpha value is -1.81. The number of aromatic nitrogens is 2. The van der Waals surface area contributed by atoms with Crippen molar-refractivity contribution in [2.75, 3.05) is 11.4 Å². The molecule has 1 aliphatic heterocycles. The lowest BCUT2D eigenvalue weighted by Crippen LogP contribution is -2.38. The Bertz CT molecular complexity index is 814. The molecular formula is C16H16ClN3O. The number of anilines is 1. The first kappa shape index (κ1) is 12.9. The summed E-state index contributed by atoms with van der Waals surface area (Å²) >= 11 is 6.09. The zero-order chi connectivity index (χ0) is 14.4. The summed E-state index contributed by atoms with van der Waals surface area (Å²) in [6.45, 7) is 3.26. The Kier molecular flexibility index (Phi) is 3.00. The van der Waals surface area contributed by atoms with Crippen molar-refractivity contribution in [3.63, 3.8) is 0 Å². The second-order valence-electron chi connectivity index (χ2n) is 5.66. The lowest BCUT2D eigenvalue weighted by Gasteiger charge is -2.34. The maximum atomic E-state index is 6.09. The van der Waals surface area contributed by atoms with Crippen LogP contribution in [-0.2, 0) is 0 Å². The van der Waals surface area contributed by atoms with Crippen LogP contribution in [0.4, 0.5) is 5.82 Å². The van der Waals surface area contributed by atoms with Crippen LogP contribution in [0.5, 0.6) is 0 Å². The lowest BCUT2D eigenvalue weighted by atomic mass is 10.0. The van der Waals surface area contributed by atoms with Gasteiger partial charge in [-0.25, -0.2) is 9.97 Å². The molecule has 3 aromatic rings. The van der Waals surface area contributed by atoms with E-state index in [1.54, 1.807) is 6.33 Å². The normalized spacial score (nSPS) is 19.5. The number of hydrogen-bond donors (Lipinski definition) is 0. The number of halogens is 1. The van der Waals surface area contributed by atoms with Gasteiger partial charge in [0.05, 0.1) is 0 Å². The Morgan fingerprint density at radius 3 is 3.05 bits per heavy atom. The SMILES string of the molecule is C[C@@H]1CCCCN1c1ncnc2c1oc1ccc(Cl)cc12. The Balaban J connectivity index is 1.95. The lowest BCUT2D eigenvalue weighted by molar-refractivity contribution is 0.479. The minimum absolute atomic E-state index is 0.480. The van der Waals surface area contributed by atoms with Crippen LogP contribution < -0.4 is 4.90 Å². The van der Waals surface area contributed by atoms with Crippen molar-refractivity contribution in [2.45, 2.75) is 32.2 Å². The van der Waals surface area contributed by atoms with E-state index in [0.717, 1.165) is 34.4 Å². The van der Waals surface area contributed by atoms with Crippen LogP contribution >= 0.6 is 11.6 Å². The number of hydrogen-bond acceptors (Lipinski definition) is 4. The van der Waals surface area contributed by atoms with Crippen LogP contribution in [0.15, 0.2) is 28.9 Å². The molecule has 0 aliphatic carbocycles. The highest BCUT2D eigenvalue weighted by Gasteiger charge is 2.24. The molecular weight excluding hydrogens is 286 g/mol. The van der Waals surface area contributed by atoms with Crippen LogP contribution in [0, 0.1) is 0 Å². The van der Waals surface area contributed by atoms with Crippen molar-refractivity contribution in [1.29, 1.82) is 0 Å². The van der Waals surface area contributed by atoms with E-state index in [0.29, 0.717) is 11.1 Å². The summed E-state index contributed by atoms with van der Waals surface area (Å²) in [7, 11) is 0. The van der Waals surface area contributed by atoms with Gasteiger partial charge in [0.2, 0.25) is 0 Å².